The molecular formula is C11H16ClNO. The summed E-state index contributed by atoms with van der Waals surface area (Å²) in [6.07, 6.45) is 1.08. The molecule has 0 atom stereocenters. The maximum atomic E-state index is 5.74. The molecule has 0 radical (unpaired) electrons. The first-order valence-electron chi connectivity index (χ1n) is 4.87. The Morgan fingerprint density at radius 3 is 2.86 bits per heavy atom. The van der Waals surface area contributed by atoms with E-state index in [1.807, 2.05) is 12.1 Å². The van der Waals surface area contributed by atoms with Crippen LogP contribution in [0, 0.1) is 5.92 Å². The minimum Gasteiger partial charge on any atom is -0.375 e. The zero-order valence-electron chi connectivity index (χ0n) is 8.66. The molecule has 14 heavy (non-hydrogen) atoms. The first-order valence-corrected chi connectivity index (χ1v) is 5.25. The van der Waals surface area contributed by atoms with Crippen molar-refractivity contribution in [3.8, 4) is 0 Å². The Kier molecular flexibility index (Phi) is 4.91. The molecule has 0 spiro atoms. The monoisotopic (exact) mass is 213 g/mol. The van der Waals surface area contributed by atoms with Gasteiger partial charge in [-0.25, -0.2) is 4.98 Å². The van der Waals surface area contributed by atoms with Crippen LogP contribution in [-0.2, 0) is 11.3 Å². The third kappa shape index (κ3) is 4.58. The molecule has 1 aromatic heterocycles. The Morgan fingerprint density at radius 2 is 2.21 bits per heavy atom. The van der Waals surface area contributed by atoms with Gasteiger partial charge in [0, 0.05) is 6.61 Å². The van der Waals surface area contributed by atoms with E-state index in [0.29, 0.717) is 17.7 Å². The lowest BCUT2D eigenvalue weighted by Crippen LogP contribution is -2.00. The molecule has 0 amide bonds. The molecule has 0 aliphatic rings. The molecule has 0 unspecified atom stereocenters. The molecule has 2 nitrogen and oxygen atoms in total. The molecule has 0 saturated heterocycles. The van der Waals surface area contributed by atoms with E-state index >= 15 is 0 Å². The molecule has 0 aliphatic heterocycles. The predicted molar refractivity (Wildman–Crippen MR) is 58.4 cm³/mol. The third-order valence-electron chi connectivity index (χ3n) is 1.86. The summed E-state index contributed by atoms with van der Waals surface area (Å²) in [5.74, 6) is 0.683. The van der Waals surface area contributed by atoms with Crippen LogP contribution in [0.5, 0.6) is 0 Å². The van der Waals surface area contributed by atoms with E-state index in [9.17, 15) is 0 Å². The second-order valence-corrected chi connectivity index (χ2v) is 4.07. The van der Waals surface area contributed by atoms with Crippen LogP contribution in [0.1, 0.15) is 26.0 Å². The molecule has 0 aliphatic carbocycles. The summed E-state index contributed by atoms with van der Waals surface area (Å²) in [6, 6.07) is 5.57. The van der Waals surface area contributed by atoms with Crippen molar-refractivity contribution in [3.63, 3.8) is 0 Å². The second kappa shape index (κ2) is 5.99. The number of hydrogen-bond donors (Lipinski definition) is 0. The molecule has 1 heterocycles. The largest absolute Gasteiger partial charge is 0.375 e. The van der Waals surface area contributed by atoms with Crippen LogP contribution in [0.4, 0.5) is 0 Å². The highest BCUT2D eigenvalue weighted by Crippen LogP contribution is 2.07. The van der Waals surface area contributed by atoms with Crippen molar-refractivity contribution in [2.75, 3.05) is 6.61 Å². The first kappa shape index (κ1) is 11.5. The average molecular weight is 214 g/mol. The minimum absolute atomic E-state index is 0.523. The summed E-state index contributed by atoms with van der Waals surface area (Å²) >= 11 is 5.74. The van der Waals surface area contributed by atoms with E-state index in [0.717, 1.165) is 18.7 Å². The fraction of sp³-hybridized carbons (Fsp3) is 0.545. The van der Waals surface area contributed by atoms with E-state index in [2.05, 4.69) is 18.8 Å². The van der Waals surface area contributed by atoms with Gasteiger partial charge in [-0.2, -0.15) is 0 Å². The highest BCUT2D eigenvalue weighted by Gasteiger charge is 1.97. The predicted octanol–water partition coefficient (Wildman–Crippen LogP) is 3.30. The zero-order chi connectivity index (χ0) is 10.4. The van der Waals surface area contributed by atoms with E-state index < -0.39 is 0 Å². The number of rotatable bonds is 5. The summed E-state index contributed by atoms with van der Waals surface area (Å²) < 4.78 is 5.46. The van der Waals surface area contributed by atoms with Gasteiger partial charge in [-0.3, -0.25) is 0 Å². The highest BCUT2D eigenvalue weighted by molar-refractivity contribution is 6.29. The molecule has 0 saturated carbocycles. The number of nitrogens with zero attached hydrogens (tertiary/aromatic N) is 1. The number of hydrogen-bond acceptors (Lipinski definition) is 2. The third-order valence-corrected chi connectivity index (χ3v) is 2.07. The van der Waals surface area contributed by atoms with Crippen molar-refractivity contribution in [3.05, 3.63) is 29.0 Å². The highest BCUT2D eigenvalue weighted by atomic mass is 35.5. The van der Waals surface area contributed by atoms with Crippen LogP contribution in [0.2, 0.25) is 5.15 Å². The standard InChI is InChI=1S/C11H16ClNO/c1-9(2)6-7-14-8-10-4-3-5-11(12)13-10/h3-5,9H,6-8H2,1-2H3. The normalized spacial score (nSPS) is 10.9. The Bertz CT molecular complexity index is 276. The van der Waals surface area contributed by atoms with Crippen molar-refractivity contribution in [2.24, 2.45) is 5.92 Å². The Balaban J connectivity index is 2.25. The van der Waals surface area contributed by atoms with Crippen molar-refractivity contribution in [2.45, 2.75) is 26.9 Å². The molecule has 78 valence electrons. The van der Waals surface area contributed by atoms with Crippen LogP contribution >= 0.6 is 11.6 Å². The summed E-state index contributed by atoms with van der Waals surface area (Å²) in [7, 11) is 0. The Labute approximate surface area is 90.3 Å². The van der Waals surface area contributed by atoms with Crippen molar-refractivity contribution < 1.29 is 4.74 Å². The van der Waals surface area contributed by atoms with Crippen LogP contribution < -0.4 is 0 Å². The van der Waals surface area contributed by atoms with Crippen LogP contribution in [0.25, 0.3) is 0 Å². The summed E-state index contributed by atoms with van der Waals surface area (Å²) in [5.41, 5.74) is 0.890. The molecule has 0 N–H and O–H groups in total. The average Bonchev–Trinajstić information content (AvgIpc) is 2.12. The molecule has 3 heteroatoms. The van der Waals surface area contributed by atoms with Crippen LogP contribution in [0.15, 0.2) is 18.2 Å². The topological polar surface area (TPSA) is 22.1 Å². The summed E-state index contributed by atoms with van der Waals surface area (Å²) in [4.78, 5) is 4.13. The summed E-state index contributed by atoms with van der Waals surface area (Å²) in [6.45, 7) is 5.70. The lowest BCUT2D eigenvalue weighted by molar-refractivity contribution is 0.108. The van der Waals surface area contributed by atoms with Gasteiger partial charge < -0.3 is 4.74 Å². The van der Waals surface area contributed by atoms with Gasteiger partial charge >= 0.3 is 0 Å². The lowest BCUT2D eigenvalue weighted by atomic mass is 10.1. The maximum absolute atomic E-state index is 5.74. The SMILES string of the molecule is CC(C)CCOCc1cccc(Cl)n1. The number of aromatic nitrogens is 1. The van der Waals surface area contributed by atoms with E-state index in [4.69, 9.17) is 16.3 Å². The molecule has 0 bridgehead atoms. The Hall–Kier alpha value is -0.600. The fourth-order valence-electron chi connectivity index (χ4n) is 1.03. The van der Waals surface area contributed by atoms with Gasteiger partial charge in [-0.1, -0.05) is 31.5 Å². The quantitative estimate of drug-likeness (QED) is 0.553. The van der Waals surface area contributed by atoms with Gasteiger partial charge in [0.2, 0.25) is 0 Å². The van der Waals surface area contributed by atoms with Gasteiger partial charge in [-0.05, 0) is 24.5 Å². The van der Waals surface area contributed by atoms with Gasteiger partial charge in [0.1, 0.15) is 5.15 Å². The molecule has 0 aromatic carbocycles. The van der Waals surface area contributed by atoms with E-state index in [1.165, 1.54) is 0 Å². The lowest BCUT2D eigenvalue weighted by Gasteiger charge is -2.05. The smallest absolute Gasteiger partial charge is 0.129 e. The van der Waals surface area contributed by atoms with Crippen molar-refractivity contribution >= 4 is 11.6 Å². The zero-order valence-corrected chi connectivity index (χ0v) is 9.42. The van der Waals surface area contributed by atoms with Gasteiger partial charge in [0.05, 0.1) is 12.3 Å². The van der Waals surface area contributed by atoms with Gasteiger partial charge in [0.25, 0.3) is 0 Å². The van der Waals surface area contributed by atoms with Gasteiger partial charge in [-0.15, -0.1) is 0 Å². The maximum Gasteiger partial charge on any atom is 0.129 e. The first-order chi connectivity index (χ1) is 6.68. The molecule has 1 rings (SSSR count). The summed E-state index contributed by atoms with van der Waals surface area (Å²) in [5, 5.41) is 0.523. The fourth-order valence-corrected chi connectivity index (χ4v) is 1.21. The number of ether oxygens (including phenoxy) is 1. The van der Waals surface area contributed by atoms with Crippen LogP contribution in [-0.4, -0.2) is 11.6 Å². The van der Waals surface area contributed by atoms with Gasteiger partial charge in [0.15, 0.2) is 0 Å². The van der Waals surface area contributed by atoms with E-state index in [1.54, 1.807) is 6.07 Å². The second-order valence-electron chi connectivity index (χ2n) is 3.69. The minimum atomic E-state index is 0.523. The van der Waals surface area contributed by atoms with Crippen LogP contribution in [0.3, 0.4) is 0 Å². The molecule has 1 aromatic rings. The molecule has 0 fully saturated rings. The van der Waals surface area contributed by atoms with E-state index in [-0.39, 0.29) is 0 Å². The number of halogens is 1. The Morgan fingerprint density at radius 1 is 1.43 bits per heavy atom. The molecular weight excluding hydrogens is 198 g/mol. The van der Waals surface area contributed by atoms with Crippen molar-refractivity contribution in [1.29, 1.82) is 0 Å². The number of pyridine rings is 1. The van der Waals surface area contributed by atoms with Crippen molar-refractivity contribution in [1.82, 2.24) is 4.98 Å².